The summed E-state index contributed by atoms with van der Waals surface area (Å²) in [5, 5.41) is 3.68. The van der Waals surface area contributed by atoms with Gasteiger partial charge in [0.05, 0.1) is 30.8 Å². The van der Waals surface area contributed by atoms with Gasteiger partial charge in [0.25, 0.3) is 5.91 Å². The zero-order chi connectivity index (χ0) is 17.0. The summed E-state index contributed by atoms with van der Waals surface area (Å²) in [6.07, 6.45) is 0. The summed E-state index contributed by atoms with van der Waals surface area (Å²) in [5.74, 6) is 1.04. The van der Waals surface area contributed by atoms with E-state index in [9.17, 15) is 4.79 Å². The predicted molar refractivity (Wildman–Crippen MR) is 91.9 cm³/mol. The highest BCUT2D eigenvalue weighted by Gasteiger charge is 2.18. The predicted octanol–water partition coefficient (Wildman–Crippen LogP) is 4.50. The molecule has 6 heteroatoms. The minimum Gasteiger partial charge on any atom is -0.497 e. The number of ether oxygens (including phenoxy) is 2. The molecule has 1 N–H and O–H groups in total. The van der Waals surface area contributed by atoms with E-state index in [0.29, 0.717) is 27.1 Å². The molecule has 1 unspecified atom stereocenters. The Hall–Kier alpha value is -1.91. The van der Waals surface area contributed by atoms with Gasteiger partial charge in [0, 0.05) is 10.6 Å². The van der Waals surface area contributed by atoms with Crippen molar-refractivity contribution in [1.82, 2.24) is 5.32 Å². The maximum atomic E-state index is 12.4. The van der Waals surface area contributed by atoms with Crippen molar-refractivity contribution < 1.29 is 14.3 Å². The molecule has 23 heavy (non-hydrogen) atoms. The lowest BCUT2D eigenvalue weighted by atomic mass is 10.1. The molecule has 0 fully saturated rings. The minimum absolute atomic E-state index is 0.303. The van der Waals surface area contributed by atoms with Crippen LogP contribution in [0.2, 0.25) is 10.0 Å². The second-order valence-electron chi connectivity index (χ2n) is 4.93. The van der Waals surface area contributed by atoms with Gasteiger partial charge in [-0.2, -0.15) is 0 Å². The molecule has 0 heterocycles. The lowest BCUT2D eigenvalue weighted by Gasteiger charge is -2.18. The zero-order valence-electron chi connectivity index (χ0n) is 13.0. The van der Waals surface area contributed by atoms with Crippen molar-refractivity contribution in [3.63, 3.8) is 0 Å². The first-order chi connectivity index (χ1) is 11.0. The van der Waals surface area contributed by atoms with E-state index in [1.54, 1.807) is 38.5 Å². The van der Waals surface area contributed by atoms with Gasteiger partial charge < -0.3 is 14.8 Å². The van der Waals surface area contributed by atoms with E-state index in [-0.39, 0.29) is 11.9 Å². The lowest BCUT2D eigenvalue weighted by Crippen LogP contribution is -2.27. The molecule has 0 spiro atoms. The third-order valence-corrected chi connectivity index (χ3v) is 3.99. The molecule has 0 aliphatic heterocycles. The standard InChI is InChI=1S/C17H17Cl2NO3/c1-10(13-9-12(22-2)5-7-16(13)23-3)20-17(21)14-8-11(18)4-6-15(14)19/h4-10H,1-3H3,(H,20,21). The van der Waals surface area contributed by atoms with Gasteiger partial charge in [-0.05, 0) is 43.3 Å². The van der Waals surface area contributed by atoms with E-state index >= 15 is 0 Å². The topological polar surface area (TPSA) is 47.6 Å². The van der Waals surface area contributed by atoms with Crippen LogP contribution in [0.1, 0.15) is 28.9 Å². The van der Waals surface area contributed by atoms with Crippen molar-refractivity contribution in [1.29, 1.82) is 0 Å². The van der Waals surface area contributed by atoms with Crippen LogP contribution >= 0.6 is 23.2 Å². The molecule has 0 aliphatic rings. The molecule has 0 saturated carbocycles. The SMILES string of the molecule is COc1ccc(OC)c(C(C)NC(=O)c2cc(Cl)ccc2Cl)c1. The monoisotopic (exact) mass is 353 g/mol. The van der Waals surface area contributed by atoms with Crippen molar-refractivity contribution in [3.8, 4) is 11.5 Å². The molecule has 1 atom stereocenters. The Morgan fingerprint density at radius 2 is 1.83 bits per heavy atom. The molecule has 4 nitrogen and oxygen atoms in total. The molecule has 2 aromatic rings. The molecule has 0 aromatic heterocycles. The quantitative estimate of drug-likeness (QED) is 0.860. The third kappa shape index (κ3) is 4.09. The number of halogens is 2. The van der Waals surface area contributed by atoms with Crippen molar-refractivity contribution in [2.24, 2.45) is 0 Å². The largest absolute Gasteiger partial charge is 0.497 e. The number of carbonyl (C=O) groups is 1. The number of hydrogen-bond acceptors (Lipinski definition) is 3. The molecule has 2 rings (SSSR count). The molecule has 0 bridgehead atoms. The van der Waals surface area contributed by atoms with Gasteiger partial charge in [0.15, 0.2) is 0 Å². The zero-order valence-corrected chi connectivity index (χ0v) is 14.5. The first kappa shape index (κ1) is 17.4. The summed E-state index contributed by atoms with van der Waals surface area (Å²) < 4.78 is 10.6. The van der Waals surface area contributed by atoms with E-state index in [0.717, 1.165) is 5.56 Å². The molecular formula is C17H17Cl2NO3. The van der Waals surface area contributed by atoms with Gasteiger partial charge in [-0.25, -0.2) is 0 Å². The van der Waals surface area contributed by atoms with Crippen LogP contribution in [-0.4, -0.2) is 20.1 Å². The third-order valence-electron chi connectivity index (χ3n) is 3.42. The van der Waals surface area contributed by atoms with Crippen LogP contribution in [0, 0.1) is 0 Å². The molecule has 0 radical (unpaired) electrons. The second-order valence-corrected chi connectivity index (χ2v) is 5.77. The van der Waals surface area contributed by atoms with Crippen LogP contribution in [-0.2, 0) is 0 Å². The van der Waals surface area contributed by atoms with E-state index in [1.807, 2.05) is 13.0 Å². The maximum Gasteiger partial charge on any atom is 0.253 e. The molecule has 1 amide bonds. The fraction of sp³-hybridized carbons (Fsp3) is 0.235. The van der Waals surface area contributed by atoms with Crippen LogP contribution < -0.4 is 14.8 Å². The van der Waals surface area contributed by atoms with Crippen LogP contribution in [0.4, 0.5) is 0 Å². The molecule has 2 aromatic carbocycles. The van der Waals surface area contributed by atoms with Crippen molar-refractivity contribution in [2.45, 2.75) is 13.0 Å². The number of hydrogen-bond donors (Lipinski definition) is 1. The molecule has 122 valence electrons. The average Bonchev–Trinajstić information content (AvgIpc) is 2.56. The van der Waals surface area contributed by atoms with Gasteiger partial charge in [-0.1, -0.05) is 23.2 Å². The summed E-state index contributed by atoms with van der Waals surface area (Å²) in [7, 11) is 3.16. The number of nitrogens with one attached hydrogen (secondary N) is 1. The van der Waals surface area contributed by atoms with E-state index in [2.05, 4.69) is 5.32 Å². The molecular weight excluding hydrogens is 337 g/mol. The highest BCUT2D eigenvalue weighted by Crippen LogP contribution is 2.30. The van der Waals surface area contributed by atoms with Crippen molar-refractivity contribution in [2.75, 3.05) is 14.2 Å². The highest BCUT2D eigenvalue weighted by atomic mass is 35.5. The van der Waals surface area contributed by atoms with Crippen LogP contribution in [0.15, 0.2) is 36.4 Å². The minimum atomic E-state index is -0.310. The van der Waals surface area contributed by atoms with Crippen LogP contribution in [0.3, 0.4) is 0 Å². The fourth-order valence-corrected chi connectivity index (χ4v) is 2.58. The smallest absolute Gasteiger partial charge is 0.253 e. The summed E-state index contributed by atoms with van der Waals surface area (Å²) >= 11 is 12.0. The van der Waals surface area contributed by atoms with E-state index in [4.69, 9.17) is 32.7 Å². The number of rotatable bonds is 5. The number of carbonyl (C=O) groups excluding carboxylic acids is 1. The maximum absolute atomic E-state index is 12.4. The summed E-state index contributed by atoms with van der Waals surface area (Å²) in [6.45, 7) is 1.85. The van der Waals surface area contributed by atoms with Gasteiger partial charge in [-0.3, -0.25) is 4.79 Å². The van der Waals surface area contributed by atoms with Gasteiger partial charge in [-0.15, -0.1) is 0 Å². The Morgan fingerprint density at radius 1 is 1.09 bits per heavy atom. The van der Waals surface area contributed by atoms with Crippen LogP contribution in [0.25, 0.3) is 0 Å². The summed E-state index contributed by atoms with van der Waals surface area (Å²) in [4.78, 5) is 12.4. The Labute approximate surface area is 145 Å². The number of methoxy groups -OCH3 is 2. The van der Waals surface area contributed by atoms with Gasteiger partial charge >= 0.3 is 0 Å². The first-order valence-electron chi connectivity index (χ1n) is 6.94. The average molecular weight is 354 g/mol. The fourth-order valence-electron chi connectivity index (χ4n) is 2.20. The highest BCUT2D eigenvalue weighted by molar-refractivity contribution is 6.35. The second kappa shape index (κ2) is 7.57. The van der Waals surface area contributed by atoms with Crippen molar-refractivity contribution in [3.05, 3.63) is 57.6 Å². The lowest BCUT2D eigenvalue weighted by molar-refractivity contribution is 0.0939. The van der Waals surface area contributed by atoms with Crippen molar-refractivity contribution >= 4 is 29.1 Å². The normalized spacial score (nSPS) is 11.7. The van der Waals surface area contributed by atoms with Crippen LogP contribution in [0.5, 0.6) is 11.5 Å². The number of benzene rings is 2. The summed E-state index contributed by atoms with van der Waals surface area (Å²) in [6, 6.07) is 9.87. The first-order valence-corrected chi connectivity index (χ1v) is 7.69. The van der Waals surface area contributed by atoms with E-state index in [1.165, 1.54) is 6.07 Å². The number of amides is 1. The Bertz CT molecular complexity index is 719. The molecule has 0 saturated heterocycles. The Balaban J connectivity index is 2.26. The van der Waals surface area contributed by atoms with Gasteiger partial charge in [0.1, 0.15) is 11.5 Å². The molecule has 0 aliphatic carbocycles. The Morgan fingerprint density at radius 3 is 2.48 bits per heavy atom. The van der Waals surface area contributed by atoms with E-state index < -0.39 is 0 Å². The Kier molecular flexibility index (Phi) is 5.74. The summed E-state index contributed by atoms with van der Waals surface area (Å²) in [5.41, 5.74) is 1.13. The van der Waals surface area contributed by atoms with Gasteiger partial charge in [0.2, 0.25) is 0 Å².